The lowest BCUT2D eigenvalue weighted by atomic mass is 9.90. The maximum Gasteiger partial charge on any atom is 0.122 e. The molecule has 5 heteroatoms. The fourth-order valence-electron chi connectivity index (χ4n) is 4.23. The Kier molecular flexibility index (Phi) is 5.93. The van der Waals surface area contributed by atoms with Crippen LogP contribution in [-0.4, -0.2) is 46.5 Å². The average molecular weight is 380 g/mol. The van der Waals surface area contributed by atoms with Crippen LogP contribution < -0.4 is 4.74 Å². The minimum absolute atomic E-state index is 0.0437. The van der Waals surface area contributed by atoms with Crippen LogP contribution in [0.25, 0.3) is 10.9 Å². The van der Waals surface area contributed by atoms with Crippen molar-refractivity contribution in [1.29, 1.82) is 0 Å². The third-order valence-electron chi connectivity index (χ3n) is 5.64. The predicted octanol–water partition coefficient (Wildman–Crippen LogP) is 3.70. The van der Waals surface area contributed by atoms with E-state index in [2.05, 4.69) is 51.5 Å². The van der Waals surface area contributed by atoms with Gasteiger partial charge in [-0.1, -0.05) is 18.2 Å². The topological polar surface area (TPSA) is 61.4 Å². The molecule has 5 nitrogen and oxygen atoms in total. The molecule has 0 aliphatic carbocycles. The van der Waals surface area contributed by atoms with Gasteiger partial charge in [-0.15, -0.1) is 0 Å². The number of hydrogen-bond donors (Lipinski definition) is 2. The first-order valence-corrected chi connectivity index (χ1v) is 10.2. The molecule has 28 heavy (non-hydrogen) atoms. The van der Waals surface area contributed by atoms with Crippen molar-refractivity contribution < 1.29 is 9.84 Å². The van der Waals surface area contributed by atoms with Gasteiger partial charge in [-0.2, -0.15) is 5.10 Å². The molecule has 0 spiro atoms. The summed E-state index contributed by atoms with van der Waals surface area (Å²) >= 11 is 0. The maximum atomic E-state index is 9.01. The number of hydrogen-bond acceptors (Lipinski definition) is 4. The summed E-state index contributed by atoms with van der Waals surface area (Å²) in [5, 5.41) is 17.3. The molecule has 4 rings (SSSR count). The molecule has 0 radical (unpaired) electrons. The number of nitrogens with zero attached hydrogens (tertiary/aromatic N) is 2. The minimum atomic E-state index is 0.0437. The van der Waals surface area contributed by atoms with E-state index in [4.69, 9.17) is 9.84 Å². The van der Waals surface area contributed by atoms with Crippen molar-refractivity contribution in [3.63, 3.8) is 0 Å². The molecule has 0 amide bonds. The van der Waals surface area contributed by atoms with Crippen LogP contribution in [0, 0.1) is 12.8 Å². The van der Waals surface area contributed by atoms with Crippen LogP contribution in [0.1, 0.15) is 29.5 Å². The van der Waals surface area contributed by atoms with Crippen molar-refractivity contribution in [2.45, 2.75) is 32.7 Å². The van der Waals surface area contributed by atoms with Gasteiger partial charge in [0, 0.05) is 18.5 Å². The number of aliphatic hydroxyl groups excluding tert-OH is 1. The van der Waals surface area contributed by atoms with Crippen molar-refractivity contribution in [2.75, 3.05) is 26.3 Å². The summed E-state index contributed by atoms with van der Waals surface area (Å²) in [7, 11) is 0. The van der Waals surface area contributed by atoms with Crippen molar-refractivity contribution in [1.82, 2.24) is 15.1 Å². The Balaban J connectivity index is 1.38. The first-order valence-electron chi connectivity index (χ1n) is 10.2. The second-order valence-electron chi connectivity index (χ2n) is 7.91. The van der Waals surface area contributed by atoms with Gasteiger partial charge in [0.05, 0.1) is 18.3 Å². The molecule has 1 aliphatic heterocycles. The molecule has 2 N–H and O–H groups in total. The van der Waals surface area contributed by atoms with E-state index in [1.807, 2.05) is 13.1 Å². The van der Waals surface area contributed by atoms with E-state index in [9.17, 15) is 0 Å². The number of H-pyrrole nitrogens is 1. The lowest BCUT2D eigenvalue weighted by molar-refractivity contribution is 0.166. The van der Waals surface area contributed by atoms with Gasteiger partial charge in [-0.05, 0) is 73.5 Å². The molecule has 2 aromatic carbocycles. The Morgan fingerprint density at radius 3 is 3.00 bits per heavy atom. The van der Waals surface area contributed by atoms with Gasteiger partial charge in [0.1, 0.15) is 12.4 Å². The fourth-order valence-corrected chi connectivity index (χ4v) is 4.23. The van der Waals surface area contributed by atoms with Gasteiger partial charge >= 0.3 is 0 Å². The van der Waals surface area contributed by atoms with E-state index in [1.165, 1.54) is 29.4 Å². The molecule has 1 fully saturated rings. The van der Waals surface area contributed by atoms with Crippen LogP contribution in [0.5, 0.6) is 5.75 Å². The fraction of sp³-hybridized carbons (Fsp3) is 0.435. The van der Waals surface area contributed by atoms with E-state index in [0.29, 0.717) is 12.5 Å². The Hall–Kier alpha value is -2.37. The van der Waals surface area contributed by atoms with Crippen LogP contribution in [0.3, 0.4) is 0 Å². The number of likely N-dealkylation sites (tertiary alicyclic amines) is 1. The second-order valence-corrected chi connectivity index (χ2v) is 7.91. The van der Waals surface area contributed by atoms with Gasteiger partial charge in [0.15, 0.2) is 0 Å². The molecule has 0 saturated carbocycles. The zero-order valence-electron chi connectivity index (χ0n) is 16.5. The second kappa shape index (κ2) is 8.76. The van der Waals surface area contributed by atoms with Gasteiger partial charge in [-0.3, -0.25) is 10.00 Å². The molecule has 1 atom stereocenters. The summed E-state index contributed by atoms with van der Waals surface area (Å²) in [6.07, 6.45) is 5.56. The van der Waals surface area contributed by atoms with E-state index < -0.39 is 0 Å². The van der Waals surface area contributed by atoms with Crippen molar-refractivity contribution in [3.8, 4) is 5.75 Å². The number of piperidine rings is 1. The third kappa shape index (κ3) is 4.54. The molecule has 1 aromatic heterocycles. The summed E-state index contributed by atoms with van der Waals surface area (Å²) < 4.78 is 5.67. The summed E-state index contributed by atoms with van der Waals surface area (Å²) in [6, 6.07) is 13.1. The number of aromatic amines is 1. The maximum absolute atomic E-state index is 9.01. The molecule has 2 heterocycles. The third-order valence-corrected chi connectivity index (χ3v) is 5.64. The van der Waals surface area contributed by atoms with Crippen LogP contribution in [0.4, 0.5) is 0 Å². The normalized spacial score (nSPS) is 17.9. The number of ether oxygens (including phenoxy) is 1. The van der Waals surface area contributed by atoms with E-state index in [-0.39, 0.29) is 6.61 Å². The molecule has 3 aromatic rings. The van der Waals surface area contributed by atoms with E-state index in [0.717, 1.165) is 42.9 Å². The Morgan fingerprint density at radius 2 is 2.11 bits per heavy atom. The molecule has 1 unspecified atom stereocenters. The van der Waals surface area contributed by atoms with Crippen LogP contribution >= 0.6 is 0 Å². The highest BCUT2D eigenvalue weighted by Crippen LogP contribution is 2.25. The van der Waals surface area contributed by atoms with E-state index >= 15 is 0 Å². The van der Waals surface area contributed by atoms with Gasteiger partial charge < -0.3 is 9.84 Å². The number of aromatic nitrogens is 2. The van der Waals surface area contributed by atoms with Crippen LogP contribution in [0.15, 0.2) is 42.6 Å². The summed E-state index contributed by atoms with van der Waals surface area (Å²) in [6.45, 7) is 5.67. The first-order chi connectivity index (χ1) is 13.7. The lowest BCUT2D eigenvalue weighted by Gasteiger charge is -2.33. The van der Waals surface area contributed by atoms with Crippen LogP contribution in [-0.2, 0) is 13.0 Å². The zero-order chi connectivity index (χ0) is 19.3. The highest BCUT2D eigenvalue weighted by atomic mass is 16.5. The summed E-state index contributed by atoms with van der Waals surface area (Å²) in [5.41, 5.74) is 4.89. The zero-order valence-corrected chi connectivity index (χ0v) is 16.5. The van der Waals surface area contributed by atoms with E-state index in [1.54, 1.807) is 0 Å². The molecule has 1 aliphatic rings. The lowest BCUT2D eigenvalue weighted by Crippen LogP contribution is -2.35. The number of aryl methyl sites for hydroxylation is 1. The Morgan fingerprint density at radius 1 is 1.21 bits per heavy atom. The van der Waals surface area contributed by atoms with Crippen LogP contribution in [0.2, 0.25) is 0 Å². The smallest absolute Gasteiger partial charge is 0.122 e. The average Bonchev–Trinajstić information content (AvgIpc) is 3.16. The highest BCUT2D eigenvalue weighted by molar-refractivity contribution is 5.78. The number of aliphatic hydroxyl groups is 1. The largest absolute Gasteiger partial charge is 0.491 e. The molecular formula is C23H29N3O2. The summed E-state index contributed by atoms with van der Waals surface area (Å²) in [4.78, 5) is 2.56. The Bertz CT molecular complexity index is 921. The number of fused-ring (bicyclic) bond motifs is 1. The molecular weight excluding hydrogens is 350 g/mol. The standard InChI is InChI=1S/C23H29N3O2/c1-17-4-5-20(13-23(17)28-10-9-27)16-26-8-2-3-19(15-26)11-18-6-7-22-21(12-18)14-24-25-22/h4-7,12-14,19,27H,2-3,8-11,15-16H2,1H3,(H,24,25). The van der Waals surface area contributed by atoms with Crippen molar-refractivity contribution >= 4 is 10.9 Å². The SMILES string of the molecule is Cc1ccc(CN2CCCC(Cc3ccc4[nH]ncc4c3)C2)cc1OCCO. The number of rotatable bonds is 7. The predicted molar refractivity (Wildman–Crippen MR) is 112 cm³/mol. The highest BCUT2D eigenvalue weighted by Gasteiger charge is 2.20. The quantitative estimate of drug-likeness (QED) is 0.657. The van der Waals surface area contributed by atoms with Gasteiger partial charge in [0.2, 0.25) is 0 Å². The molecule has 1 saturated heterocycles. The van der Waals surface area contributed by atoms with Crippen molar-refractivity contribution in [3.05, 3.63) is 59.3 Å². The number of benzene rings is 2. The molecule has 148 valence electrons. The van der Waals surface area contributed by atoms with Gasteiger partial charge in [-0.25, -0.2) is 0 Å². The van der Waals surface area contributed by atoms with Crippen molar-refractivity contribution in [2.24, 2.45) is 5.92 Å². The molecule has 0 bridgehead atoms. The summed E-state index contributed by atoms with van der Waals surface area (Å²) in [5.74, 6) is 1.57. The first kappa shape index (κ1) is 19.0. The number of nitrogens with one attached hydrogen (secondary N) is 1. The monoisotopic (exact) mass is 379 g/mol. The minimum Gasteiger partial charge on any atom is -0.491 e. The van der Waals surface area contributed by atoms with Gasteiger partial charge in [0.25, 0.3) is 0 Å². The Labute approximate surface area is 166 Å².